The summed E-state index contributed by atoms with van der Waals surface area (Å²) in [5, 5.41) is 12.7. The maximum Gasteiger partial charge on any atom is 0.0914 e. The largest absolute Gasteiger partial charge is 0.387 e. The highest BCUT2D eigenvalue weighted by molar-refractivity contribution is 7.98. The van der Waals surface area contributed by atoms with E-state index in [-0.39, 0.29) is 0 Å². The van der Waals surface area contributed by atoms with Gasteiger partial charge in [0.05, 0.1) is 6.10 Å². The topological polar surface area (TPSA) is 32.3 Å². The third-order valence-electron chi connectivity index (χ3n) is 2.21. The van der Waals surface area contributed by atoms with Gasteiger partial charge >= 0.3 is 0 Å². The second kappa shape index (κ2) is 5.39. The molecule has 14 heavy (non-hydrogen) atoms. The van der Waals surface area contributed by atoms with Gasteiger partial charge in [-0.15, -0.1) is 11.8 Å². The highest BCUT2D eigenvalue weighted by Gasteiger charge is 2.07. The van der Waals surface area contributed by atoms with Crippen molar-refractivity contribution in [2.75, 3.05) is 19.8 Å². The zero-order valence-corrected chi connectivity index (χ0v) is 9.69. The molecule has 0 amide bonds. The first kappa shape index (κ1) is 11.6. The van der Waals surface area contributed by atoms with E-state index in [1.807, 2.05) is 13.1 Å². The fourth-order valence-electron chi connectivity index (χ4n) is 1.36. The Morgan fingerprint density at radius 3 is 2.79 bits per heavy atom. The molecule has 0 bridgehead atoms. The van der Waals surface area contributed by atoms with Crippen molar-refractivity contribution in [3.63, 3.8) is 0 Å². The van der Waals surface area contributed by atoms with Crippen molar-refractivity contribution in [3.8, 4) is 0 Å². The Morgan fingerprint density at radius 1 is 1.50 bits per heavy atom. The van der Waals surface area contributed by atoms with Crippen molar-refractivity contribution < 1.29 is 5.11 Å². The lowest BCUT2D eigenvalue weighted by Gasteiger charge is -2.12. The lowest BCUT2D eigenvalue weighted by Crippen LogP contribution is -2.16. The quantitative estimate of drug-likeness (QED) is 0.747. The van der Waals surface area contributed by atoms with Crippen LogP contribution in [0.2, 0.25) is 0 Å². The summed E-state index contributed by atoms with van der Waals surface area (Å²) in [5.74, 6) is 0. The Hall–Kier alpha value is -0.510. The van der Waals surface area contributed by atoms with E-state index >= 15 is 0 Å². The van der Waals surface area contributed by atoms with Gasteiger partial charge in [-0.25, -0.2) is 0 Å². The molecule has 1 unspecified atom stereocenters. The van der Waals surface area contributed by atoms with Crippen LogP contribution in [0.15, 0.2) is 23.1 Å². The number of benzene rings is 1. The predicted molar refractivity (Wildman–Crippen MR) is 61.8 cm³/mol. The average molecular weight is 211 g/mol. The minimum atomic E-state index is -0.411. The molecule has 1 aromatic carbocycles. The van der Waals surface area contributed by atoms with Crippen molar-refractivity contribution in [2.24, 2.45) is 0 Å². The fraction of sp³-hybridized carbons (Fsp3) is 0.455. The van der Waals surface area contributed by atoms with Crippen LogP contribution in [0.5, 0.6) is 0 Å². The van der Waals surface area contributed by atoms with Gasteiger partial charge in [-0.1, -0.05) is 12.1 Å². The summed E-state index contributed by atoms with van der Waals surface area (Å²) in [5.41, 5.74) is 2.24. The summed E-state index contributed by atoms with van der Waals surface area (Å²) in [6, 6.07) is 6.10. The highest BCUT2D eigenvalue weighted by Crippen LogP contribution is 2.23. The molecular formula is C11H17NOS. The van der Waals surface area contributed by atoms with Gasteiger partial charge in [-0.2, -0.15) is 0 Å². The van der Waals surface area contributed by atoms with Gasteiger partial charge in [-0.05, 0) is 37.4 Å². The van der Waals surface area contributed by atoms with Crippen LogP contribution >= 0.6 is 11.8 Å². The van der Waals surface area contributed by atoms with Crippen molar-refractivity contribution >= 4 is 11.8 Å². The zero-order chi connectivity index (χ0) is 10.6. The van der Waals surface area contributed by atoms with E-state index in [0.717, 1.165) is 5.56 Å². The summed E-state index contributed by atoms with van der Waals surface area (Å²) in [6.45, 7) is 2.68. The van der Waals surface area contributed by atoms with Crippen LogP contribution in [0.3, 0.4) is 0 Å². The number of aliphatic hydroxyl groups excluding tert-OH is 1. The maximum absolute atomic E-state index is 9.76. The molecule has 0 aliphatic heterocycles. The molecule has 0 heterocycles. The van der Waals surface area contributed by atoms with E-state index in [2.05, 4.69) is 30.6 Å². The molecule has 2 nitrogen and oxygen atoms in total. The first-order chi connectivity index (χ1) is 6.69. The van der Waals surface area contributed by atoms with Crippen LogP contribution < -0.4 is 5.32 Å². The zero-order valence-electron chi connectivity index (χ0n) is 8.87. The van der Waals surface area contributed by atoms with Gasteiger partial charge in [0.15, 0.2) is 0 Å². The Kier molecular flexibility index (Phi) is 4.45. The van der Waals surface area contributed by atoms with E-state index in [0.29, 0.717) is 6.54 Å². The van der Waals surface area contributed by atoms with Crippen molar-refractivity contribution in [1.29, 1.82) is 0 Å². The number of nitrogens with one attached hydrogen (secondary N) is 1. The summed E-state index contributed by atoms with van der Waals surface area (Å²) in [6.07, 6.45) is 1.64. The molecule has 2 N–H and O–H groups in total. The van der Waals surface area contributed by atoms with Crippen LogP contribution in [0.1, 0.15) is 17.2 Å². The number of aryl methyl sites for hydroxylation is 1. The van der Waals surface area contributed by atoms with Crippen LogP contribution in [0, 0.1) is 6.92 Å². The number of hydrogen-bond donors (Lipinski definition) is 2. The van der Waals surface area contributed by atoms with Gasteiger partial charge in [-0.3, -0.25) is 0 Å². The number of thioether (sulfide) groups is 1. The highest BCUT2D eigenvalue weighted by atomic mass is 32.2. The van der Waals surface area contributed by atoms with Gasteiger partial charge in [0, 0.05) is 11.4 Å². The van der Waals surface area contributed by atoms with Crippen molar-refractivity contribution in [1.82, 2.24) is 5.32 Å². The summed E-state index contributed by atoms with van der Waals surface area (Å²) in [4.78, 5) is 1.23. The van der Waals surface area contributed by atoms with Crippen LogP contribution in [0.4, 0.5) is 0 Å². The van der Waals surface area contributed by atoms with E-state index in [9.17, 15) is 5.11 Å². The molecule has 0 aromatic heterocycles. The number of rotatable bonds is 4. The summed E-state index contributed by atoms with van der Waals surface area (Å²) in [7, 11) is 1.84. The Labute approximate surface area is 89.7 Å². The fourth-order valence-corrected chi connectivity index (χ4v) is 2.00. The second-order valence-electron chi connectivity index (χ2n) is 3.30. The maximum atomic E-state index is 9.76. The molecule has 1 atom stereocenters. The Morgan fingerprint density at radius 2 is 2.21 bits per heavy atom. The normalized spacial score (nSPS) is 12.9. The molecule has 0 fully saturated rings. The number of aliphatic hydroxyl groups is 1. The van der Waals surface area contributed by atoms with E-state index in [1.165, 1.54) is 10.5 Å². The van der Waals surface area contributed by atoms with Gasteiger partial charge in [0.1, 0.15) is 0 Å². The Bertz CT molecular complexity index is 301. The molecule has 0 spiro atoms. The number of likely N-dealkylation sites (N-methyl/N-ethyl adjacent to an activating group) is 1. The molecule has 0 aliphatic carbocycles. The molecule has 0 saturated carbocycles. The predicted octanol–water partition coefficient (Wildman–Crippen LogP) is 1.97. The third-order valence-corrected chi connectivity index (χ3v) is 3.09. The molecule has 0 saturated heterocycles. The van der Waals surface area contributed by atoms with Gasteiger partial charge in [0.2, 0.25) is 0 Å². The monoisotopic (exact) mass is 211 g/mol. The van der Waals surface area contributed by atoms with Crippen molar-refractivity contribution in [2.45, 2.75) is 17.9 Å². The third kappa shape index (κ3) is 2.74. The SMILES string of the molecule is CNCC(O)c1ccc(C)c(SC)c1. The van der Waals surface area contributed by atoms with E-state index in [1.54, 1.807) is 11.8 Å². The molecule has 0 radical (unpaired) electrons. The standard InChI is InChI=1S/C11H17NOS/c1-8-4-5-9(6-11(8)14-3)10(13)7-12-2/h4-6,10,12-13H,7H2,1-3H3. The van der Waals surface area contributed by atoms with Gasteiger partial charge in [0.25, 0.3) is 0 Å². The molecule has 1 rings (SSSR count). The second-order valence-corrected chi connectivity index (χ2v) is 4.15. The van der Waals surface area contributed by atoms with E-state index < -0.39 is 6.10 Å². The number of hydrogen-bond acceptors (Lipinski definition) is 3. The lowest BCUT2D eigenvalue weighted by molar-refractivity contribution is 0.177. The van der Waals surface area contributed by atoms with Gasteiger partial charge < -0.3 is 10.4 Å². The average Bonchev–Trinajstić information content (AvgIpc) is 2.19. The van der Waals surface area contributed by atoms with Crippen molar-refractivity contribution in [3.05, 3.63) is 29.3 Å². The lowest BCUT2D eigenvalue weighted by atomic mass is 10.1. The van der Waals surface area contributed by atoms with E-state index in [4.69, 9.17) is 0 Å². The first-order valence-electron chi connectivity index (χ1n) is 4.66. The molecule has 3 heteroatoms. The van der Waals surface area contributed by atoms with Crippen LogP contribution in [-0.4, -0.2) is 25.0 Å². The molecule has 1 aromatic rings. The minimum absolute atomic E-state index is 0.411. The molecule has 0 aliphatic rings. The summed E-state index contributed by atoms with van der Waals surface area (Å²) < 4.78 is 0. The van der Waals surface area contributed by atoms with Crippen LogP contribution in [0.25, 0.3) is 0 Å². The smallest absolute Gasteiger partial charge is 0.0914 e. The summed E-state index contributed by atoms with van der Waals surface area (Å²) >= 11 is 1.71. The first-order valence-corrected chi connectivity index (χ1v) is 5.88. The minimum Gasteiger partial charge on any atom is -0.387 e. The molecule has 78 valence electrons. The van der Waals surface area contributed by atoms with Crippen LogP contribution in [-0.2, 0) is 0 Å². The molecular weight excluding hydrogens is 194 g/mol. The Balaban J connectivity index is 2.88.